The van der Waals surface area contributed by atoms with Gasteiger partial charge in [-0.1, -0.05) is 19.4 Å². The molecule has 0 radical (unpaired) electrons. The van der Waals surface area contributed by atoms with Crippen molar-refractivity contribution in [3.63, 3.8) is 0 Å². The Kier molecular flexibility index (Phi) is 5.13. The van der Waals surface area contributed by atoms with Gasteiger partial charge in [-0.05, 0) is 36.6 Å². The molecule has 0 aliphatic carbocycles. The zero-order valence-electron chi connectivity index (χ0n) is 15.1. The summed E-state index contributed by atoms with van der Waals surface area (Å²) in [6, 6.07) is 7.93. The summed E-state index contributed by atoms with van der Waals surface area (Å²) in [7, 11) is 5.06. The fraction of sp³-hybridized carbons (Fsp3) is 0.350. The molecule has 132 valence electrons. The van der Waals surface area contributed by atoms with Crippen molar-refractivity contribution in [2.24, 2.45) is 7.05 Å². The van der Waals surface area contributed by atoms with E-state index >= 15 is 0 Å². The van der Waals surface area contributed by atoms with Gasteiger partial charge in [-0.15, -0.1) is 11.3 Å². The smallest absolute Gasteiger partial charge is 0.259 e. The SMILES string of the molecule is CCCCc1cc2c(=O)n(C)cc(-c3ccc(OC)c(OC)c3)c2s1. The summed E-state index contributed by atoms with van der Waals surface area (Å²) < 4.78 is 13.5. The van der Waals surface area contributed by atoms with Crippen LogP contribution in [0.1, 0.15) is 24.6 Å². The highest BCUT2D eigenvalue weighted by Crippen LogP contribution is 2.37. The van der Waals surface area contributed by atoms with Crippen LogP contribution < -0.4 is 15.0 Å². The van der Waals surface area contributed by atoms with E-state index in [1.165, 1.54) is 4.88 Å². The Labute approximate surface area is 151 Å². The largest absolute Gasteiger partial charge is 0.493 e. The number of benzene rings is 1. The predicted molar refractivity (Wildman–Crippen MR) is 104 cm³/mol. The molecule has 0 unspecified atom stereocenters. The second-order valence-corrected chi connectivity index (χ2v) is 7.22. The highest BCUT2D eigenvalue weighted by Gasteiger charge is 2.15. The van der Waals surface area contributed by atoms with Gasteiger partial charge >= 0.3 is 0 Å². The fourth-order valence-corrected chi connectivity index (χ4v) is 4.21. The molecule has 2 aromatic heterocycles. The van der Waals surface area contributed by atoms with E-state index in [2.05, 4.69) is 13.0 Å². The zero-order chi connectivity index (χ0) is 18.0. The van der Waals surface area contributed by atoms with Crippen LogP contribution in [0.5, 0.6) is 11.5 Å². The second-order valence-electron chi connectivity index (χ2n) is 6.09. The normalized spacial score (nSPS) is 11.0. The van der Waals surface area contributed by atoms with Crippen molar-refractivity contribution in [3.8, 4) is 22.6 Å². The number of hydrogen-bond acceptors (Lipinski definition) is 4. The number of rotatable bonds is 6. The molecule has 0 saturated heterocycles. The molecule has 1 aromatic carbocycles. The lowest BCUT2D eigenvalue weighted by molar-refractivity contribution is 0.355. The van der Waals surface area contributed by atoms with Gasteiger partial charge in [0.1, 0.15) is 0 Å². The van der Waals surface area contributed by atoms with Crippen LogP contribution in [0.25, 0.3) is 21.2 Å². The Hall–Kier alpha value is -2.27. The molecule has 25 heavy (non-hydrogen) atoms. The first-order valence-electron chi connectivity index (χ1n) is 8.43. The maximum Gasteiger partial charge on any atom is 0.259 e. The number of fused-ring (bicyclic) bond motifs is 1. The molecule has 5 heteroatoms. The number of aryl methyl sites for hydroxylation is 2. The molecular formula is C20H23NO3S. The molecule has 2 heterocycles. The summed E-state index contributed by atoms with van der Waals surface area (Å²) in [6.07, 6.45) is 5.21. The van der Waals surface area contributed by atoms with Gasteiger partial charge in [-0.3, -0.25) is 4.79 Å². The van der Waals surface area contributed by atoms with Crippen molar-refractivity contribution >= 4 is 21.4 Å². The van der Waals surface area contributed by atoms with Crippen molar-refractivity contribution in [1.82, 2.24) is 4.57 Å². The first kappa shape index (κ1) is 17.5. The molecule has 0 fully saturated rings. The first-order chi connectivity index (χ1) is 12.1. The minimum Gasteiger partial charge on any atom is -0.493 e. The summed E-state index contributed by atoms with van der Waals surface area (Å²) >= 11 is 1.72. The average molecular weight is 357 g/mol. The number of pyridine rings is 1. The third-order valence-electron chi connectivity index (χ3n) is 4.37. The number of ether oxygens (including phenoxy) is 2. The maximum atomic E-state index is 12.5. The van der Waals surface area contributed by atoms with Crippen LogP contribution in [0.4, 0.5) is 0 Å². The van der Waals surface area contributed by atoms with Crippen molar-refractivity contribution in [2.75, 3.05) is 14.2 Å². The maximum absolute atomic E-state index is 12.5. The van der Waals surface area contributed by atoms with Gasteiger partial charge in [0.25, 0.3) is 5.56 Å². The summed E-state index contributed by atoms with van der Waals surface area (Å²) in [5.74, 6) is 1.38. The lowest BCUT2D eigenvalue weighted by Gasteiger charge is -2.11. The minimum atomic E-state index is 0.0539. The van der Waals surface area contributed by atoms with Gasteiger partial charge in [0, 0.05) is 28.4 Å². The second kappa shape index (κ2) is 7.31. The van der Waals surface area contributed by atoms with E-state index in [9.17, 15) is 4.79 Å². The Morgan fingerprint density at radius 2 is 1.88 bits per heavy atom. The minimum absolute atomic E-state index is 0.0539. The average Bonchev–Trinajstić information content (AvgIpc) is 3.06. The Morgan fingerprint density at radius 1 is 1.12 bits per heavy atom. The van der Waals surface area contributed by atoms with Crippen LogP contribution in [0, 0.1) is 0 Å². The topological polar surface area (TPSA) is 40.5 Å². The monoisotopic (exact) mass is 357 g/mol. The molecule has 4 nitrogen and oxygen atoms in total. The van der Waals surface area contributed by atoms with Gasteiger partial charge in [0.2, 0.25) is 0 Å². The molecule has 0 N–H and O–H groups in total. The van der Waals surface area contributed by atoms with Gasteiger partial charge in [-0.2, -0.15) is 0 Å². The Morgan fingerprint density at radius 3 is 2.56 bits per heavy atom. The van der Waals surface area contributed by atoms with E-state index in [-0.39, 0.29) is 5.56 Å². The Balaban J connectivity index is 2.20. The molecule has 3 aromatic rings. The lowest BCUT2D eigenvalue weighted by atomic mass is 10.1. The number of aromatic nitrogens is 1. The molecule has 3 rings (SSSR count). The van der Waals surface area contributed by atoms with Crippen LogP contribution in [-0.4, -0.2) is 18.8 Å². The van der Waals surface area contributed by atoms with Gasteiger partial charge in [0.15, 0.2) is 11.5 Å². The fourth-order valence-electron chi connectivity index (χ4n) is 2.99. The lowest BCUT2D eigenvalue weighted by Crippen LogP contribution is -2.15. The van der Waals surface area contributed by atoms with E-state index in [4.69, 9.17) is 9.47 Å². The molecular weight excluding hydrogens is 334 g/mol. The molecule has 0 aliphatic heterocycles. The van der Waals surface area contributed by atoms with E-state index in [0.717, 1.165) is 40.5 Å². The quantitative estimate of drug-likeness (QED) is 0.646. The summed E-state index contributed by atoms with van der Waals surface area (Å²) in [5.41, 5.74) is 2.12. The van der Waals surface area contributed by atoms with Gasteiger partial charge in [-0.25, -0.2) is 0 Å². The molecule has 0 amide bonds. The molecule has 0 aliphatic rings. The van der Waals surface area contributed by atoms with Crippen molar-refractivity contribution in [3.05, 3.63) is 45.7 Å². The molecule has 0 saturated carbocycles. The summed E-state index contributed by atoms with van der Waals surface area (Å²) in [6.45, 7) is 2.18. The third-order valence-corrected chi connectivity index (χ3v) is 5.60. The third kappa shape index (κ3) is 3.29. The van der Waals surface area contributed by atoms with Crippen molar-refractivity contribution in [2.45, 2.75) is 26.2 Å². The predicted octanol–water partition coefficient (Wildman–Crippen LogP) is 4.63. The standard InChI is InChI=1S/C20H23NO3S/c1-5-6-7-14-11-15-19(25-14)16(12-21(2)20(15)22)13-8-9-17(23-3)18(10-13)24-4/h8-12H,5-7H2,1-4H3. The molecule has 0 atom stereocenters. The van der Waals surface area contributed by atoms with Crippen LogP contribution >= 0.6 is 11.3 Å². The number of hydrogen-bond donors (Lipinski definition) is 0. The van der Waals surface area contributed by atoms with Crippen molar-refractivity contribution < 1.29 is 9.47 Å². The van der Waals surface area contributed by atoms with Gasteiger partial charge < -0.3 is 14.0 Å². The van der Waals surface area contributed by atoms with E-state index in [1.807, 2.05) is 24.4 Å². The van der Waals surface area contributed by atoms with E-state index in [0.29, 0.717) is 11.5 Å². The highest BCUT2D eigenvalue weighted by atomic mass is 32.1. The van der Waals surface area contributed by atoms with E-state index < -0.39 is 0 Å². The Bertz CT molecular complexity index is 955. The molecule has 0 spiro atoms. The number of methoxy groups -OCH3 is 2. The highest BCUT2D eigenvalue weighted by molar-refractivity contribution is 7.19. The van der Waals surface area contributed by atoms with Crippen LogP contribution in [0.3, 0.4) is 0 Å². The number of unbranched alkanes of at least 4 members (excludes halogenated alkanes) is 1. The summed E-state index contributed by atoms with van der Waals surface area (Å²) in [4.78, 5) is 13.8. The van der Waals surface area contributed by atoms with Gasteiger partial charge in [0.05, 0.1) is 19.6 Å². The first-order valence-corrected chi connectivity index (χ1v) is 9.25. The van der Waals surface area contributed by atoms with E-state index in [1.54, 1.807) is 37.2 Å². The summed E-state index contributed by atoms with van der Waals surface area (Å²) in [5, 5.41) is 0.797. The van der Waals surface area contributed by atoms with Crippen LogP contribution in [0.2, 0.25) is 0 Å². The molecule has 0 bridgehead atoms. The zero-order valence-corrected chi connectivity index (χ0v) is 15.9. The van der Waals surface area contributed by atoms with Crippen LogP contribution in [-0.2, 0) is 13.5 Å². The van der Waals surface area contributed by atoms with Crippen molar-refractivity contribution in [1.29, 1.82) is 0 Å². The van der Waals surface area contributed by atoms with Crippen LogP contribution in [0.15, 0.2) is 35.3 Å². The number of thiophene rings is 1. The number of nitrogens with zero attached hydrogens (tertiary/aromatic N) is 1.